The Kier molecular flexibility index (Phi) is 5.15. The van der Waals surface area contributed by atoms with E-state index in [4.69, 9.17) is 5.73 Å². The van der Waals surface area contributed by atoms with Gasteiger partial charge in [-0.1, -0.05) is 24.3 Å². The zero-order chi connectivity index (χ0) is 20.6. The van der Waals surface area contributed by atoms with Gasteiger partial charge in [0.2, 0.25) is 0 Å². The van der Waals surface area contributed by atoms with Gasteiger partial charge < -0.3 is 15.6 Å². The molecule has 0 radical (unpaired) electrons. The molecule has 0 bridgehead atoms. The van der Waals surface area contributed by atoms with Crippen molar-refractivity contribution in [3.05, 3.63) is 54.0 Å². The van der Waals surface area contributed by atoms with Crippen LogP contribution in [0.2, 0.25) is 0 Å². The van der Waals surface area contributed by atoms with Crippen molar-refractivity contribution < 1.29 is 13.2 Å². The molecule has 2 aromatic heterocycles. The zero-order valence-electron chi connectivity index (χ0n) is 16.2. The smallest absolute Gasteiger partial charge is 0.394 e. The van der Waals surface area contributed by atoms with Crippen LogP contribution in [0.25, 0.3) is 16.6 Å². The number of halogens is 3. The van der Waals surface area contributed by atoms with E-state index in [-0.39, 0.29) is 5.92 Å². The number of fused-ring (bicyclic) bond motifs is 1. The maximum absolute atomic E-state index is 13.0. The largest absolute Gasteiger partial charge is 0.397 e. The summed E-state index contributed by atoms with van der Waals surface area (Å²) >= 11 is 0. The molecule has 0 spiro atoms. The molecule has 2 aliphatic rings. The van der Waals surface area contributed by atoms with Crippen molar-refractivity contribution in [3.8, 4) is 0 Å². The number of H-pyrrole nitrogens is 1. The molecule has 1 saturated carbocycles. The number of alkyl halides is 3. The van der Waals surface area contributed by atoms with E-state index in [0.29, 0.717) is 24.5 Å². The van der Waals surface area contributed by atoms with Crippen LogP contribution < -0.4 is 5.73 Å². The number of allylic oxidation sites excluding steroid dienone is 5. The summed E-state index contributed by atoms with van der Waals surface area (Å²) in [4.78, 5) is 9.38. The molecule has 3 N–H and O–H groups in total. The lowest BCUT2D eigenvalue weighted by atomic mass is 9.83. The van der Waals surface area contributed by atoms with Crippen LogP contribution in [0.5, 0.6) is 0 Å². The number of rotatable bonds is 5. The number of nitrogen functional groups attached to an aromatic ring is 1. The Balaban J connectivity index is 1.57. The monoisotopic (exact) mass is 402 g/mol. The number of pyridine rings is 1. The molecule has 1 aliphatic carbocycles. The van der Waals surface area contributed by atoms with E-state index in [2.05, 4.69) is 16.5 Å². The van der Waals surface area contributed by atoms with Crippen LogP contribution >= 0.6 is 0 Å². The van der Waals surface area contributed by atoms with Crippen molar-refractivity contribution in [1.82, 2.24) is 14.9 Å². The summed E-state index contributed by atoms with van der Waals surface area (Å²) in [6, 6.07) is 1.96. The number of hydrogen-bond acceptors (Lipinski definition) is 3. The minimum Gasteiger partial charge on any atom is -0.397 e. The van der Waals surface area contributed by atoms with Crippen molar-refractivity contribution >= 4 is 22.3 Å². The third-order valence-corrected chi connectivity index (χ3v) is 5.79. The van der Waals surface area contributed by atoms with Crippen LogP contribution in [0.15, 0.2) is 48.5 Å². The van der Waals surface area contributed by atoms with Gasteiger partial charge in [0.1, 0.15) is 5.65 Å². The first kappa shape index (κ1) is 19.6. The second-order valence-corrected chi connectivity index (χ2v) is 7.79. The van der Waals surface area contributed by atoms with Crippen molar-refractivity contribution in [3.63, 3.8) is 0 Å². The quantitative estimate of drug-likeness (QED) is 0.656. The summed E-state index contributed by atoms with van der Waals surface area (Å²) < 4.78 is 39.1. The van der Waals surface area contributed by atoms with E-state index < -0.39 is 12.6 Å². The third kappa shape index (κ3) is 4.18. The normalized spacial score (nSPS) is 18.4. The number of nitrogens with zero attached hydrogens (tertiary/aromatic N) is 2. The van der Waals surface area contributed by atoms with Gasteiger partial charge in [0.25, 0.3) is 0 Å². The number of nitrogens with two attached hydrogens (primary N) is 1. The highest BCUT2D eigenvalue weighted by molar-refractivity contribution is 5.96. The summed E-state index contributed by atoms with van der Waals surface area (Å²) in [6.45, 7) is 5.09. The van der Waals surface area contributed by atoms with E-state index >= 15 is 0 Å². The number of hydrogen-bond donors (Lipinski definition) is 2. The maximum Gasteiger partial charge on any atom is 0.394 e. The van der Waals surface area contributed by atoms with Crippen molar-refractivity contribution in [2.45, 2.75) is 38.3 Å². The van der Waals surface area contributed by atoms with Gasteiger partial charge in [-0.15, -0.1) is 0 Å². The average Bonchev–Trinajstić information content (AvgIpc) is 3.41. The summed E-state index contributed by atoms with van der Waals surface area (Å²) in [7, 11) is 0. The molecule has 4 rings (SSSR count). The minimum absolute atomic E-state index is 0.211. The second-order valence-electron chi connectivity index (χ2n) is 7.79. The molecule has 0 atom stereocenters. The Morgan fingerprint density at radius 3 is 2.66 bits per heavy atom. The molecule has 29 heavy (non-hydrogen) atoms. The zero-order valence-corrected chi connectivity index (χ0v) is 16.2. The maximum atomic E-state index is 13.0. The Bertz CT molecular complexity index is 970. The van der Waals surface area contributed by atoms with E-state index in [9.17, 15) is 13.2 Å². The predicted molar refractivity (Wildman–Crippen MR) is 110 cm³/mol. The third-order valence-electron chi connectivity index (χ3n) is 5.79. The van der Waals surface area contributed by atoms with E-state index in [0.717, 1.165) is 53.4 Å². The minimum atomic E-state index is -4.17. The number of likely N-dealkylation sites (tertiary alicyclic amines) is 1. The fraction of sp³-hybridized carbons (Fsp3) is 0.409. The van der Waals surface area contributed by atoms with Crippen molar-refractivity contribution in [2.75, 3.05) is 18.8 Å². The van der Waals surface area contributed by atoms with E-state index in [1.54, 1.807) is 12.3 Å². The summed E-state index contributed by atoms with van der Waals surface area (Å²) in [6.07, 6.45) is 5.39. The van der Waals surface area contributed by atoms with Crippen LogP contribution in [0.4, 0.5) is 18.9 Å². The average molecular weight is 402 g/mol. The highest BCUT2D eigenvalue weighted by Gasteiger charge is 2.36. The van der Waals surface area contributed by atoms with Gasteiger partial charge in [-0.3, -0.25) is 0 Å². The lowest BCUT2D eigenvalue weighted by molar-refractivity contribution is -0.131. The topological polar surface area (TPSA) is 57.9 Å². The van der Waals surface area contributed by atoms with Gasteiger partial charge >= 0.3 is 6.18 Å². The first-order valence-electron chi connectivity index (χ1n) is 9.94. The molecule has 3 heterocycles. The van der Waals surface area contributed by atoms with E-state index in [1.807, 2.05) is 23.2 Å². The summed E-state index contributed by atoms with van der Waals surface area (Å²) in [5.74, 6) is 0.211. The second kappa shape index (κ2) is 7.61. The Hall–Kier alpha value is -2.70. The first-order valence-corrected chi connectivity index (χ1v) is 9.94. The standard InChI is InChI=1S/C22H25F3N4/c1-2-3-16(20-17-6-9-27-21(17)28-13-18(20)26)14-7-10-29(11-8-14)19(15-4-5-15)12-22(23,24)25/h2-3,6,9,13-14H,1,4-5,7-8,10-12,26H2,(H,27,28)/b16-3-. The molecular weight excluding hydrogens is 377 g/mol. The molecule has 4 nitrogen and oxygen atoms in total. The lowest BCUT2D eigenvalue weighted by Crippen LogP contribution is -2.35. The molecule has 0 aromatic carbocycles. The molecule has 7 heteroatoms. The highest BCUT2D eigenvalue weighted by atomic mass is 19.4. The SMILES string of the molecule is C=C/C=C(\c1c(N)cnc2[nH]ccc12)C1CCN(C(CC(F)(F)F)=C2CC2)CC1. The van der Waals surface area contributed by atoms with Crippen LogP contribution in [0.3, 0.4) is 0 Å². The number of nitrogens with one attached hydrogen (secondary N) is 1. The van der Waals surface area contributed by atoms with Crippen LogP contribution in [0.1, 0.15) is 37.7 Å². The molecule has 1 aliphatic heterocycles. The van der Waals surface area contributed by atoms with Gasteiger partial charge in [0, 0.05) is 35.9 Å². The van der Waals surface area contributed by atoms with Crippen molar-refractivity contribution in [1.29, 1.82) is 0 Å². The number of aromatic amines is 1. The fourth-order valence-corrected chi connectivity index (χ4v) is 4.36. The molecule has 0 unspecified atom stereocenters. The van der Waals surface area contributed by atoms with Crippen molar-refractivity contribution in [2.24, 2.45) is 5.92 Å². The lowest BCUT2D eigenvalue weighted by Gasteiger charge is -2.37. The number of aromatic nitrogens is 2. The number of piperidine rings is 1. The van der Waals surface area contributed by atoms with Crippen LogP contribution in [-0.4, -0.2) is 34.1 Å². The summed E-state index contributed by atoms with van der Waals surface area (Å²) in [5, 5.41) is 0.957. The van der Waals surface area contributed by atoms with Gasteiger partial charge in [-0.05, 0) is 43.2 Å². The van der Waals surface area contributed by atoms with Gasteiger partial charge in [0.05, 0.1) is 18.3 Å². The highest BCUT2D eigenvalue weighted by Crippen LogP contribution is 2.42. The van der Waals surface area contributed by atoms with E-state index in [1.165, 1.54) is 0 Å². The molecule has 2 fully saturated rings. The summed E-state index contributed by atoms with van der Waals surface area (Å²) in [5.41, 5.74) is 11.2. The Morgan fingerprint density at radius 2 is 2.03 bits per heavy atom. The number of anilines is 1. The molecule has 0 amide bonds. The molecular formula is C22H25F3N4. The fourth-order valence-electron chi connectivity index (χ4n) is 4.36. The van der Waals surface area contributed by atoms with Gasteiger partial charge in [-0.2, -0.15) is 13.2 Å². The Morgan fingerprint density at radius 1 is 1.31 bits per heavy atom. The van der Waals surface area contributed by atoms with Gasteiger partial charge in [0.15, 0.2) is 0 Å². The molecule has 2 aromatic rings. The van der Waals surface area contributed by atoms with Crippen LogP contribution in [-0.2, 0) is 0 Å². The Labute approximate surface area is 168 Å². The van der Waals surface area contributed by atoms with Crippen LogP contribution in [0, 0.1) is 5.92 Å². The predicted octanol–water partition coefficient (Wildman–Crippen LogP) is 5.43. The van der Waals surface area contributed by atoms with Gasteiger partial charge in [-0.25, -0.2) is 4.98 Å². The molecule has 154 valence electrons. The molecule has 1 saturated heterocycles. The first-order chi connectivity index (χ1) is 13.9.